The second kappa shape index (κ2) is 13.8. The molecule has 2 unspecified atom stereocenters. The molecule has 0 spiro atoms. The van der Waals surface area contributed by atoms with Crippen molar-refractivity contribution in [1.29, 1.82) is 0 Å². The van der Waals surface area contributed by atoms with Gasteiger partial charge >= 0.3 is 0 Å². The Hall–Kier alpha value is -3.17. The first kappa shape index (κ1) is 30.4. The van der Waals surface area contributed by atoms with Crippen LogP contribution in [0.15, 0.2) is 83.3 Å². The fourth-order valence-electron chi connectivity index (χ4n) is 4.22. The zero-order valence-electron chi connectivity index (χ0n) is 22.8. The Morgan fingerprint density at radius 2 is 1.59 bits per heavy atom. The molecular formula is C30H36BrN3O4S. The normalized spacial score (nSPS) is 12.8. The van der Waals surface area contributed by atoms with Crippen molar-refractivity contribution in [1.82, 2.24) is 10.2 Å². The summed E-state index contributed by atoms with van der Waals surface area (Å²) in [6.45, 7) is 5.59. The molecule has 0 saturated carbocycles. The molecule has 0 bridgehead atoms. The zero-order valence-corrected chi connectivity index (χ0v) is 25.2. The van der Waals surface area contributed by atoms with Gasteiger partial charge in [-0.05, 0) is 55.7 Å². The molecule has 208 valence electrons. The number of nitrogens with zero attached hydrogens (tertiary/aromatic N) is 2. The quantitative estimate of drug-likeness (QED) is 0.309. The second-order valence-corrected chi connectivity index (χ2v) is 12.6. The third kappa shape index (κ3) is 8.93. The Balaban J connectivity index is 2.05. The SMILES string of the molecule is CCC(C)NC(=O)C(Cc1ccccc1)N(Cc1cccc(C)c1)C(=O)CN(c1ccc(Br)cc1)S(C)(=O)=O. The summed E-state index contributed by atoms with van der Waals surface area (Å²) in [5, 5.41) is 3.03. The van der Waals surface area contributed by atoms with E-state index < -0.39 is 28.5 Å². The maximum atomic E-state index is 14.1. The number of anilines is 1. The van der Waals surface area contributed by atoms with Crippen molar-refractivity contribution in [3.05, 3.63) is 100 Å². The van der Waals surface area contributed by atoms with Crippen LogP contribution in [0.25, 0.3) is 0 Å². The molecule has 0 aliphatic heterocycles. The number of aryl methyl sites for hydroxylation is 1. The number of hydrogen-bond acceptors (Lipinski definition) is 4. The summed E-state index contributed by atoms with van der Waals surface area (Å²) >= 11 is 3.37. The summed E-state index contributed by atoms with van der Waals surface area (Å²) in [4.78, 5) is 29.2. The van der Waals surface area contributed by atoms with Gasteiger partial charge in [0.2, 0.25) is 21.8 Å². The molecule has 3 rings (SSSR count). The van der Waals surface area contributed by atoms with Crippen molar-refractivity contribution >= 4 is 43.5 Å². The molecule has 0 saturated heterocycles. The predicted molar refractivity (Wildman–Crippen MR) is 160 cm³/mol. The van der Waals surface area contributed by atoms with Gasteiger partial charge in [-0.25, -0.2) is 8.42 Å². The predicted octanol–water partition coefficient (Wildman–Crippen LogP) is 5.08. The fourth-order valence-corrected chi connectivity index (χ4v) is 5.34. The number of rotatable bonds is 12. The molecule has 0 heterocycles. The first-order valence-electron chi connectivity index (χ1n) is 12.9. The number of nitrogens with one attached hydrogen (secondary N) is 1. The molecule has 0 radical (unpaired) electrons. The maximum Gasteiger partial charge on any atom is 0.244 e. The van der Waals surface area contributed by atoms with Gasteiger partial charge in [-0.1, -0.05) is 83.0 Å². The smallest absolute Gasteiger partial charge is 0.244 e. The summed E-state index contributed by atoms with van der Waals surface area (Å²) in [6, 6.07) is 23.1. The van der Waals surface area contributed by atoms with E-state index in [4.69, 9.17) is 0 Å². The molecule has 0 aliphatic rings. The Morgan fingerprint density at radius 3 is 2.18 bits per heavy atom. The molecule has 3 aromatic rings. The van der Waals surface area contributed by atoms with Gasteiger partial charge in [0.1, 0.15) is 12.6 Å². The summed E-state index contributed by atoms with van der Waals surface area (Å²) in [7, 11) is -3.80. The van der Waals surface area contributed by atoms with Gasteiger partial charge in [0, 0.05) is 23.5 Å². The van der Waals surface area contributed by atoms with E-state index in [1.165, 1.54) is 4.90 Å². The minimum atomic E-state index is -3.80. The summed E-state index contributed by atoms with van der Waals surface area (Å²) < 4.78 is 27.5. The van der Waals surface area contributed by atoms with Crippen molar-refractivity contribution in [3.8, 4) is 0 Å². The first-order chi connectivity index (χ1) is 18.5. The molecule has 7 nitrogen and oxygen atoms in total. The molecule has 39 heavy (non-hydrogen) atoms. The van der Waals surface area contributed by atoms with Crippen molar-refractivity contribution in [3.63, 3.8) is 0 Å². The van der Waals surface area contributed by atoms with E-state index in [0.717, 1.165) is 38.1 Å². The van der Waals surface area contributed by atoms with Gasteiger partial charge in [0.05, 0.1) is 11.9 Å². The van der Waals surface area contributed by atoms with Crippen molar-refractivity contribution in [2.24, 2.45) is 0 Å². The Bertz CT molecular complexity index is 1360. The lowest BCUT2D eigenvalue weighted by atomic mass is 10.0. The number of carbonyl (C=O) groups excluding carboxylic acids is 2. The van der Waals surface area contributed by atoms with Crippen LogP contribution in [0.1, 0.15) is 37.0 Å². The van der Waals surface area contributed by atoms with Gasteiger partial charge < -0.3 is 10.2 Å². The van der Waals surface area contributed by atoms with E-state index in [1.54, 1.807) is 24.3 Å². The van der Waals surface area contributed by atoms with E-state index in [2.05, 4.69) is 21.2 Å². The third-order valence-electron chi connectivity index (χ3n) is 6.50. The summed E-state index contributed by atoms with van der Waals surface area (Å²) in [5.41, 5.74) is 3.15. The van der Waals surface area contributed by atoms with Gasteiger partial charge in [0.15, 0.2) is 0 Å². The van der Waals surface area contributed by atoms with E-state index in [0.29, 0.717) is 5.69 Å². The van der Waals surface area contributed by atoms with E-state index in [1.807, 2.05) is 75.4 Å². The number of amides is 2. The highest BCUT2D eigenvalue weighted by molar-refractivity contribution is 9.10. The van der Waals surface area contributed by atoms with Crippen molar-refractivity contribution in [2.45, 2.75) is 52.2 Å². The Kier molecular flexibility index (Phi) is 10.7. The molecule has 3 aromatic carbocycles. The van der Waals surface area contributed by atoms with Crippen LogP contribution in [0, 0.1) is 6.92 Å². The molecule has 2 amide bonds. The minimum Gasteiger partial charge on any atom is -0.352 e. The van der Waals surface area contributed by atoms with Crippen LogP contribution in [-0.4, -0.2) is 50.0 Å². The lowest BCUT2D eigenvalue weighted by Gasteiger charge is -2.34. The average molecular weight is 615 g/mol. The van der Waals surface area contributed by atoms with Gasteiger partial charge in [-0.3, -0.25) is 13.9 Å². The molecule has 0 aromatic heterocycles. The monoisotopic (exact) mass is 613 g/mol. The van der Waals surface area contributed by atoms with E-state index >= 15 is 0 Å². The number of halogens is 1. The highest BCUT2D eigenvalue weighted by Gasteiger charge is 2.33. The molecule has 9 heteroatoms. The topological polar surface area (TPSA) is 86.8 Å². The van der Waals surface area contributed by atoms with E-state index in [-0.39, 0.29) is 24.9 Å². The Labute approximate surface area is 240 Å². The third-order valence-corrected chi connectivity index (χ3v) is 8.17. The Morgan fingerprint density at radius 1 is 0.949 bits per heavy atom. The van der Waals surface area contributed by atoms with Crippen LogP contribution in [0.3, 0.4) is 0 Å². The lowest BCUT2D eigenvalue weighted by Crippen LogP contribution is -2.54. The van der Waals surface area contributed by atoms with Crippen LogP contribution in [-0.2, 0) is 32.6 Å². The highest BCUT2D eigenvalue weighted by Crippen LogP contribution is 2.22. The number of sulfonamides is 1. The maximum absolute atomic E-state index is 14.1. The van der Waals surface area contributed by atoms with Crippen molar-refractivity contribution < 1.29 is 18.0 Å². The summed E-state index contributed by atoms with van der Waals surface area (Å²) in [5.74, 6) is -0.742. The van der Waals surface area contributed by atoms with E-state index in [9.17, 15) is 18.0 Å². The van der Waals surface area contributed by atoms with Crippen LogP contribution in [0.5, 0.6) is 0 Å². The van der Waals surface area contributed by atoms with Crippen LogP contribution in [0.4, 0.5) is 5.69 Å². The number of benzene rings is 3. The molecule has 0 aliphatic carbocycles. The van der Waals surface area contributed by atoms with Crippen LogP contribution in [0.2, 0.25) is 0 Å². The van der Waals surface area contributed by atoms with Crippen molar-refractivity contribution in [2.75, 3.05) is 17.1 Å². The van der Waals surface area contributed by atoms with Gasteiger partial charge in [-0.2, -0.15) is 0 Å². The first-order valence-corrected chi connectivity index (χ1v) is 15.5. The largest absolute Gasteiger partial charge is 0.352 e. The number of carbonyl (C=O) groups is 2. The van der Waals surface area contributed by atoms with Gasteiger partial charge in [-0.15, -0.1) is 0 Å². The number of hydrogen-bond donors (Lipinski definition) is 1. The zero-order chi connectivity index (χ0) is 28.6. The molecular weight excluding hydrogens is 578 g/mol. The fraction of sp³-hybridized carbons (Fsp3) is 0.333. The van der Waals surface area contributed by atoms with Gasteiger partial charge in [0.25, 0.3) is 0 Å². The summed E-state index contributed by atoms with van der Waals surface area (Å²) in [6.07, 6.45) is 2.10. The van der Waals surface area contributed by atoms with Crippen LogP contribution >= 0.6 is 15.9 Å². The average Bonchev–Trinajstić information content (AvgIpc) is 2.89. The second-order valence-electron chi connectivity index (χ2n) is 9.78. The molecule has 2 atom stereocenters. The standard InChI is InChI=1S/C30H36BrN3O4S/c1-5-23(3)32-30(36)28(19-24-11-7-6-8-12-24)33(20-25-13-9-10-22(2)18-25)29(35)21-34(39(4,37)38)27-16-14-26(31)15-17-27/h6-18,23,28H,5,19-21H2,1-4H3,(H,32,36). The molecule has 1 N–H and O–H groups in total. The highest BCUT2D eigenvalue weighted by atomic mass is 79.9. The molecule has 0 fully saturated rings. The lowest BCUT2D eigenvalue weighted by molar-refractivity contribution is -0.140. The van der Waals surface area contributed by atoms with Crippen LogP contribution < -0.4 is 9.62 Å². The minimum absolute atomic E-state index is 0.0815.